The highest BCUT2D eigenvalue weighted by Crippen LogP contribution is 2.21. The molecule has 220 valence electrons. The molecule has 2 unspecified atom stereocenters. The number of amides is 2. The number of benzene rings is 2. The number of ether oxygens (including phenoxy) is 1. The van der Waals surface area contributed by atoms with E-state index in [4.69, 9.17) is 4.74 Å². The van der Waals surface area contributed by atoms with Crippen molar-refractivity contribution in [3.63, 3.8) is 0 Å². The molecule has 0 aromatic heterocycles. The Morgan fingerprint density at radius 2 is 1.60 bits per heavy atom. The molecule has 1 heterocycles. The molecule has 40 heavy (non-hydrogen) atoms. The van der Waals surface area contributed by atoms with Crippen molar-refractivity contribution in [2.24, 2.45) is 5.92 Å². The topological polar surface area (TPSA) is 73.9 Å². The van der Waals surface area contributed by atoms with E-state index in [1.165, 1.54) is 0 Å². The van der Waals surface area contributed by atoms with E-state index in [0.29, 0.717) is 25.0 Å². The standard InChI is InChI=1S/C33H50N4O3/c1-24(2)21-30(37(7)27-17-19-36(6)20-18-27)32(39)34-29(31(38)35-33(3,4)5)22-25-13-15-28(16-14-25)40-23-26-11-9-8-10-12-26/h8-16,24,27,29-30H,17-23H2,1-7H3,(H,34,39)(H,35,38). The first-order chi connectivity index (χ1) is 18.9. The molecular weight excluding hydrogens is 500 g/mol. The lowest BCUT2D eigenvalue weighted by atomic mass is 9.96. The van der Waals surface area contributed by atoms with Gasteiger partial charge in [-0.1, -0.05) is 56.3 Å². The number of likely N-dealkylation sites (tertiary alicyclic amines) is 1. The fraction of sp³-hybridized carbons (Fsp3) is 0.576. The first kappa shape index (κ1) is 31.6. The summed E-state index contributed by atoms with van der Waals surface area (Å²) in [5, 5.41) is 6.22. The van der Waals surface area contributed by atoms with Crippen molar-refractivity contribution in [1.29, 1.82) is 0 Å². The normalized spacial score (nSPS) is 16.5. The summed E-state index contributed by atoms with van der Waals surface area (Å²) >= 11 is 0. The van der Waals surface area contributed by atoms with Gasteiger partial charge in [0.15, 0.2) is 0 Å². The van der Waals surface area contributed by atoms with E-state index < -0.39 is 11.6 Å². The summed E-state index contributed by atoms with van der Waals surface area (Å²) in [7, 11) is 4.22. The summed E-state index contributed by atoms with van der Waals surface area (Å²) in [6.07, 6.45) is 3.23. The smallest absolute Gasteiger partial charge is 0.243 e. The van der Waals surface area contributed by atoms with E-state index in [9.17, 15) is 9.59 Å². The summed E-state index contributed by atoms with van der Waals surface area (Å²) in [5.74, 6) is 0.876. The summed E-state index contributed by atoms with van der Waals surface area (Å²) in [5.41, 5.74) is 1.66. The third kappa shape index (κ3) is 10.3. The highest BCUT2D eigenvalue weighted by atomic mass is 16.5. The van der Waals surface area contributed by atoms with Crippen LogP contribution in [0.3, 0.4) is 0 Å². The SMILES string of the molecule is CC(C)CC(C(=O)NC(Cc1ccc(OCc2ccccc2)cc1)C(=O)NC(C)(C)C)N(C)C1CCN(C)CC1. The summed E-state index contributed by atoms with van der Waals surface area (Å²) < 4.78 is 5.93. The van der Waals surface area contributed by atoms with Crippen LogP contribution in [0, 0.1) is 5.92 Å². The van der Waals surface area contributed by atoms with Crippen LogP contribution in [-0.4, -0.2) is 72.5 Å². The molecule has 0 saturated carbocycles. The number of hydrogen-bond donors (Lipinski definition) is 2. The lowest BCUT2D eigenvalue weighted by Crippen LogP contribution is -2.58. The van der Waals surface area contributed by atoms with Crippen LogP contribution in [-0.2, 0) is 22.6 Å². The van der Waals surface area contributed by atoms with Crippen molar-refractivity contribution in [2.75, 3.05) is 27.2 Å². The van der Waals surface area contributed by atoms with Gasteiger partial charge in [0.05, 0.1) is 6.04 Å². The van der Waals surface area contributed by atoms with Crippen LogP contribution < -0.4 is 15.4 Å². The second-order valence-corrected chi connectivity index (χ2v) is 12.8. The molecule has 7 heteroatoms. The first-order valence-electron chi connectivity index (χ1n) is 14.7. The lowest BCUT2D eigenvalue weighted by Gasteiger charge is -2.39. The Bertz CT molecular complexity index is 1060. The Morgan fingerprint density at radius 1 is 0.975 bits per heavy atom. The van der Waals surface area contributed by atoms with Crippen LogP contribution in [0.4, 0.5) is 0 Å². The van der Waals surface area contributed by atoms with Crippen molar-refractivity contribution < 1.29 is 14.3 Å². The number of piperidine rings is 1. The molecule has 1 aliphatic heterocycles. The highest BCUT2D eigenvalue weighted by molar-refractivity contribution is 5.90. The van der Waals surface area contributed by atoms with Crippen LogP contribution in [0.5, 0.6) is 5.75 Å². The van der Waals surface area contributed by atoms with Gasteiger partial charge in [0.25, 0.3) is 0 Å². The minimum Gasteiger partial charge on any atom is -0.489 e. The van der Waals surface area contributed by atoms with Crippen molar-refractivity contribution in [2.45, 2.75) is 90.6 Å². The number of carbonyl (C=O) groups excluding carboxylic acids is 2. The number of hydrogen-bond acceptors (Lipinski definition) is 5. The van der Waals surface area contributed by atoms with Gasteiger partial charge < -0.3 is 20.3 Å². The molecule has 2 amide bonds. The number of carbonyl (C=O) groups is 2. The molecule has 2 aromatic rings. The van der Waals surface area contributed by atoms with Crippen LogP contribution in [0.15, 0.2) is 54.6 Å². The number of rotatable bonds is 12. The van der Waals surface area contributed by atoms with Crippen LogP contribution in [0.2, 0.25) is 0 Å². The predicted octanol–water partition coefficient (Wildman–Crippen LogP) is 4.65. The van der Waals surface area contributed by atoms with E-state index >= 15 is 0 Å². The Labute approximate surface area is 241 Å². The molecule has 0 spiro atoms. The van der Waals surface area contributed by atoms with Gasteiger partial charge in [-0.25, -0.2) is 0 Å². The minimum absolute atomic E-state index is 0.0769. The van der Waals surface area contributed by atoms with Gasteiger partial charge >= 0.3 is 0 Å². The van der Waals surface area contributed by atoms with Crippen LogP contribution in [0.1, 0.15) is 65.0 Å². The zero-order valence-electron chi connectivity index (χ0n) is 25.6. The van der Waals surface area contributed by atoms with Gasteiger partial charge in [0, 0.05) is 18.0 Å². The maximum absolute atomic E-state index is 13.8. The Kier molecular flexibility index (Phi) is 11.6. The highest BCUT2D eigenvalue weighted by Gasteiger charge is 2.33. The molecule has 3 rings (SSSR count). The van der Waals surface area contributed by atoms with Gasteiger partial charge in [-0.3, -0.25) is 14.5 Å². The van der Waals surface area contributed by atoms with Crippen molar-refractivity contribution >= 4 is 11.8 Å². The second kappa shape index (κ2) is 14.6. The molecule has 2 atom stereocenters. The van der Waals surface area contributed by atoms with Crippen LogP contribution in [0.25, 0.3) is 0 Å². The van der Waals surface area contributed by atoms with Gasteiger partial charge in [-0.15, -0.1) is 0 Å². The molecule has 2 aromatic carbocycles. The summed E-state index contributed by atoms with van der Waals surface area (Å²) in [6, 6.07) is 17.2. The van der Waals surface area contributed by atoms with Crippen molar-refractivity contribution in [3.05, 3.63) is 65.7 Å². The van der Waals surface area contributed by atoms with E-state index in [-0.39, 0.29) is 17.9 Å². The summed E-state index contributed by atoms with van der Waals surface area (Å²) in [6.45, 7) is 12.7. The lowest BCUT2D eigenvalue weighted by molar-refractivity contribution is -0.133. The first-order valence-corrected chi connectivity index (χ1v) is 14.7. The molecular formula is C33H50N4O3. The van der Waals surface area contributed by atoms with Gasteiger partial charge in [-0.05, 0) is 96.4 Å². The van der Waals surface area contributed by atoms with Crippen molar-refractivity contribution in [3.8, 4) is 5.75 Å². The Balaban J connectivity index is 1.72. The molecule has 1 fully saturated rings. The largest absolute Gasteiger partial charge is 0.489 e. The third-order valence-electron chi connectivity index (χ3n) is 7.50. The zero-order chi connectivity index (χ0) is 29.3. The second-order valence-electron chi connectivity index (χ2n) is 12.8. The Morgan fingerprint density at radius 3 is 2.17 bits per heavy atom. The monoisotopic (exact) mass is 550 g/mol. The van der Waals surface area contributed by atoms with Gasteiger partial charge in [-0.2, -0.15) is 0 Å². The van der Waals surface area contributed by atoms with E-state index in [2.05, 4.69) is 48.4 Å². The molecule has 1 aliphatic rings. The maximum atomic E-state index is 13.8. The number of nitrogens with zero attached hydrogens (tertiary/aromatic N) is 2. The van der Waals surface area contributed by atoms with Crippen LogP contribution >= 0.6 is 0 Å². The molecule has 0 radical (unpaired) electrons. The molecule has 7 nitrogen and oxygen atoms in total. The fourth-order valence-electron chi connectivity index (χ4n) is 5.19. The third-order valence-corrected chi connectivity index (χ3v) is 7.50. The quantitative estimate of drug-likeness (QED) is 0.403. The molecule has 0 aliphatic carbocycles. The minimum atomic E-state index is -0.677. The predicted molar refractivity (Wildman–Crippen MR) is 162 cm³/mol. The van der Waals surface area contributed by atoms with Gasteiger partial charge in [0.1, 0.15) is 18.4 Å². The fourth-order valence-corrected chi connectivity index (χ4v) is 5.19. The van der Waals surface area contributed by atoms with Crippen molar-refractivity contribution in [1.82, 2.24) is 20.4 Å². The molecule has 2 N–H and O–H groups in total. The average Bonchev–Trinajstić information content (AvgIpc) is 2.90. The Hall–Kier alpha value is -2.90. The average molecular weight is 551 g/mol. The van der Waals surface area contributed by atoms with E-state index in [1.807, 2.05) is 75.4 Å². The summed E-state index contributed by atoms with van der Waals surface area (Å²) in [4.78, 5) is 31.8. The maximum Gasteiger partial charge on any atom is 0.243 e. The zero-order valence-corrected chi connectivity index (χ0v) is 25.6. The number of likely N-dealkylation sites (N-methyl/N-ethyl adjacent to an activating group) is 1. The molecule has 0 bridgehead atoms. The van der Waals surface area contributed by atoms with E-state index in [1.54, 1.807) is 0 Å². The van der Waals surface area contributed by atoms with Gasteiger partial charge in [0.2, 0.25) is 11.8 Å². The molecule has 1 saturated heterocycles. The number of nitrogens with one attached hydrogen (secondary N) is 2. The van der Waals surface area contributed by atoms with E-state index in [0.717, 1.165) is 49.2 Å².